The van der Waals surface area contributed by atoms with Crippen molar-refractivity contribution >= 4 is 11.9 Å². The summed E-state index contributed by atoms with van der Waals surface area (Å²) in [5.41, 5.74) is 2.12. The Bertz CT molecular complexity index is 894. The van der Waals surface area contributed by atoms with Gasteiger partial charge in [-0.1, -0.05) is 91.0 Å². The molecule has 0 saturated carbocycles. The maximum absolute atomic E-state index is 12.6. The quantitative estimate of drug-likeness (QED) is 0.569. The van der Waals surface area contributed by atoms with E-state index < -0.39 is 23.6 Å². The zero-order valence-corrected chi connectivity index (χ0v) is 15.8. The predicted molar refractivity (Wildman–Crippen MR) is 110 cm³/mol. The Kier molecular flexibility index (Phi) is 5.14. The van der Waals surface area contributed by atoms with Crippen LogP contribution in [0.1, 0.15) is 23.1 Å². The van der Waals surface area contributed by atoms with Gasteiger partial charge in [0.05, 0.1) is 11.6 Å². The van der Waals surface area contributed by atoms with Crippen molar-refractivity contribution in [2.45, 2.75) is 24.0 Å². The number of hydrogen-bond donors (Lipinski definition) is 3. The number of nitrogens with one attached hydrogen (secondary N) is 2. The average molecular weight is 386 g/mol. The van der Waals surface area contributed by atoms with Crippen LogP contribution in [0.4, 0.5) is 0 Å². The maximum Gasteiger partial charge on any atom is 0.326 e. The highest BCUT2D eigenvalue weighted by Crippen LogP contribution is 2.37. The lowest BCUT2D eigenvalue weighted by Gasteiger charge is -2.38. The Morgan fingerprint density at radius 1 is 0.828 bits per heavy atom. The molecule has 5 nitrogen and oxygen atoms in total. The largest absolute Gasteiger partial charge is 0.480 e. The molecule has 4 rings (SSSR count). The highest BCUT2D eigenvalue weighted by molar-refractivity contribution is 5.91. The van der Waals surface area contributed by atoms with E-state index in [0.29, 0.717) is 0 Å². The van der Waals surface area contributed by atoms with Crippen molar-refractivity contribution in [2.75, 3.05) is 0 Å². The number of carboxylic acids is 1. The van der Waals surface area contributed by atoms with E-state index in [9.17, 15) is 14.7 Å². The lowest BCUT2D eigenvalue weighted by Crippen LogP contribution is -2.52. The van der Waals surface area contributed by atoms with Gasteiger partial charge in [-0.2, -0.15) is 0 Å². The van der Waals surface area contributed by atoms with Gasteiger partial charge in [0.2, 0.25) is 5.91 Å². The molecule has 1 aliphatic heterocycles. The lowest BCUT2D eigenvalue weighted by molar-refractivity contribution is -0.140. The van der Waals surface area contributed by atoms with Gasteiger partial charge in [-0.05, 0) is 16.7 Å². The van der Waals surface area contributed by atoms with Crippen molar-refractivity contribution < 1.29 is 14.7 Å². The molecule has 146 valence electrons. The van der Waals surface area contributed by atoms with Crippen molar-refractivity contribution in [3.8, 4) is 0 Å². The monoisotopic (exact) mass is 386 g/mol. The topological polar surface area (TPSA) is 78.4 Å². The number of carbonyl (C=O) groups is 2. The van der Waals surface area contributed by atoms with Crippen LogP contribution in [-0.4, -0.2) is 29.1 Å². The van der Waals surface area contributed by atoms with Gasteiger partial charge in [0.15, 0.2) is 0 Å². The number of aliphatic carboxylic acids is 1. The molecule has 0 bridgehead atoms. The first-order chi connectivity index (χ1) is 14.1. The van der Waals surface area contributed by atoms with E-state index in [1.807, 2.05) is 91.0 Å². The standard InChI is InChI=1S/C24H22N2O3/c27-22-20(16-21(25-22)23(28)29)26-24(17-10-4-1-5-11-17,18-12-6-2-7-13-18)19-14-8-3-9-15-19/h1-15,20-21,26H,16H2,(H,25,27)(H,28,29)/t20-,21+/m1/s1. The molecule has 1 heterocycles. The lowest BCUT2D eigenvalue weighted by atomic mass is 9.76. The molecule has 1 saturated heterocycles. The highest BCUT2D eigenvalue weighted by Gasteiger charge is 2.44. The van der Waals surface area contributed by atoms with E-state index in [0.717, 1.165) is 16.7 Å². The molecule has 0 unspecified atom stereocenters. The van der Waals surface area contributed by atoms with Gasteiger partial charge in [0.1, 0.15) is 6.04 Å². The second kappa shape index (κ2) is 7.89. The zero-order valence-electron chi connectivity index (χ0n) is 15.8. The highest BCUT2D eigenvalue weighted by atomic mass is 16.4. The SMILES string of the molecule is O=C(O)[C@@H]1C[C@@H](NC(c2ccccc2)(c2ccccc2)c2ccccc2)C(=O)N1. The number of hydrogen-bond acceptors (Lipinski definition) is 3. The fourth-order valence-corrected chi connectivity index (χ4v) is 4.04. The molecule has 3 aromatic carbocycles. The van der Waals surface area contributed by atoms with Crippen LogP contribution in [0.15, 0.2) is 91.0 Å². The molecule has 1 fully saturated rings. The third kappa shape index (κ3) is 3.52. The van der Waals surface area contributed by atoms with Crippen LogP contribution in [0.3, 0.4) is 0 Å². The first kappa shape index (κ1) is 18.9. The fraction of sp³-hybridized carbons (Fsp3) is 0.167. The first-order valence-corrected chi connectivity index (χ1v) is 9.59. The molecular weight excluding hydrogens is 364 g/mol. The first-order valence-electron chi connectivity index (χ1n) is 9.59. The Morgan fingerprint density at radius 2 is 1.24 bits per heavy atom. The molecule has 3 N–H and O–H groups in total. The van der Waals surface area contributed by atoms with Crippen LogP contribution < -0.4 is 10.6 Å². The van der Waals surface area contributed by atoms with Gasteiger partial charge >= 0.3 is 5.97 Å². The van der Waals surface area contributed by atoms with E-state index >= 15 is 0 Å². The molecule has 0 radical (unpaired) electrons. The van der Waals surface area contributed by atoms with Gasteiger partial charge in [0, 0.05) is 6.42 Å². The summed E-state index contributed by atoms with van der Waals surface area (Å²) in [6.45, 7) is 0. The van der Waals surface area contributed by atoms with Crippen LogP contribution in [0.25, 0.3) is 0 Å². The van der Waals surface area contributed by atoms with Crippen LogP contribution in [0.5, 0.6) is 0 Å². The summed E-state index contributed by atoms with van der Waals surface area (Å²) < 4.78 is 0. The zero-order chi connectivity index (χ0) is 20.3. The van der Waals surface area contributed by atoms with Crippen LogP contribution in [0, 0.1) is 0 Å². The number of amides is 1. The van der Waals surface area contributed by atoms with Gasteiger partial charge in [-0.25, -0.2) is 4.79 Å². The number of rotatable bonds is 6. The molecule has 3 aromatic rings. The van der Waals surface area contributed by atoms with E-state index in [2.05, 4.69) is 10.6 Å². The van der Waals surface area contributed by atoms with Crippen molar-refractivity contribution in [3.05, 3.63) is 108 Å². The predicted octanol–water partition coefficient (Wildman–Crippen LogP) is 2.91. The average Bonchev–Trinajstić information content (AvgIpc) is 3.14. The second-order valence-corrected chi connectivity index (χ2v) is 7.18. The summed E-state index contributed by atoms with van der Waals surface area (Å²) in [5.74, 6) is -1.32. The fourth-order valence-electron chi connectivity index (χ4n) is 4.04. The number of carboxylic acid groups (broad SMARTS) is 1. The Hall–Kier alpha value is -3.44. The Morgan fingerprint density at radius 3 is 1.59 bits per heavy atom. The molecule has 1 aliphatic rings. The molecule has 2 atom stereocenters. The Labute approximate surface area is 169 Å². The maximum atomic E-state index is 12.6. The molecule has 0 spiro atoms. The number of carbonyl (C=O) groups excluding carboxylic acids is 1. The third-order valence-electron chi connectivity index (χ3n) is 5.41. The van der Waals surface area contributed by atoms with Gasteiger partial charge in [-0.15, -0.1) is 0 Å². The van der Waals surface area contributed by atoms with Crippen LogP contribution in [-0.2, 0) is 15.1 Å². The van der Waals surface area contributed by atoms with Crippen molar-refractivity contribution in [1.82, 2.24) is 10.6 Å². The van der Waals surface area contributed by atoms with E-state index in [1.54, 1.807) is 0 Å². The van der Waals surface area contributed by atoms with Crippen LogP contribution >= 0.6 is 0 Å². The summed E-state index contributed by atoms with van der Waals surface area (Å²) >= 11 is 0. The molecule has 0 aromatic heterocycles. The molecule has 29 heavy (non-hydrogen) atoms. The summed E-state index contributed by atoms with van der Waals surface area (Å²) in [4.78, 5) is 24.0. The van der Waals surface area contributed by atoms with E-state index in [-0.39, 0.29) is 12.3 Å². The molecule has 1 amide bonds. The van der Waals surface area contributed by atoms with E-state index in [1.165, 1.54) is 0 Å². The molecule has 5 heteroatoms. The molecule has 0 aliphatic carbocycles. The minimum atomic E-state index is -1.02. The summed E-state index contributed by atoms with van der Waals surface area (Å²) in [6, 6.07) is 28.2. The minimum Gasteiger partial charge on any atom is -0.480 e. The summed E-state index contributed by atoms with van der Waals surface area (Å²) in [6.07, 6.45) is 0.183. The van der Waals surface area contributed by atoms with Gasteiger partial charge < -0.3 is 10.4 Å². The summed E-state index contributed by atoms with van der Waals surface area (Å²) in [7, 11) is 0. The number of benzene rings is 3. The van der Waals surface area contributed by atoms with Gasteiger partial charge in [-0.3, -0.25) is 10.1 Å². The second-order valence-electron chi connectivity index (χ2n) is 7.18. The third-order valence-corrected chi connectivity index (χ3v) is 5.41. The van der Waals surface area contributed by atoms with Crippen molar-refractivity contribution in [2.24, 2.45) is 0 Å². The van der Waals surface area contributed by atoms with Crippen LogP contribution in [0.2, 0.25) is 0 Å². The minimum absolute atomic E-state index is 0.183. The van der Waals surface area contributed by atoms with E-state index in [4.69, 9.17) is 0 Å². The normalized spacial score (nSPS) is 19.0. The molecular formula is C24H22N2O3. The Balaban J connectivity index is 1.89. The van der Waals surface area contributed by atoms with Crippen molar-refractivity contribution in [1.29, 1.82) is 0 Å². The van der Waals surface area contributed by atoms with Crippen molar-refractivity contribution in [3.63, 3.8) is 0 Å². The summed E-state index contributed by atoms with van der Waals surface area (Å²) in [5, 5.41) is 15.5. The van der Waals surface area contributed by atoms with Gasteiger partial charge in [0.25, 0.3) is 0 Å². The smallest absolute Gasteiger partial charge is 0.326 e.